The van der Waals surface area contributed by atoms with Crippen LogP contribution in [0.5, 0.6) is 11.5 Å². The molecule has 1 N–H and O–H groups in total. The number of aromatic carboxylic acids is 1. The molecule has 6 nitrogen and oxygen atoms in total. The van der Waals surface area contributed by atoms with Gasteiger partial charge in [0.25, 0.3) is 0 Å². The van der Waals surface area contributed by atoms with Crippen molar-refractivity contribution in [2.75, 3.05) is 7.11 Å². The van der Waals surface area contributed by atoms with Crippen molar-refractivity contribution in [2.45, 2.75) is 13.2 Å². The van der Waals surface area contributed by atoms with Crippen molar-refractivity contribution in [1.29, 1.82) is 0 Å². The monoisotopic (exact) mass is 412 g/mol. The minimum atomic E-state index is -1.81. The van der Waals surface area contributed by atoms with Crippen molar-refractivity contribution in [2.24, 2.45) is 0 Å². The maximum atomic E-state index is 11.3. The van der Waals surface area contributed by atoms with Gasteiger partial charge in [0.15, 0.2) is 11.5 Å². The van der Waals surface area contributed by atoms with Gasteiger partial charge < -0.3 is 14.4 Å². The van der Waals surface area contributed by atoms with E-state index in [4.69, 9.17) is 18.3 Å². The molecule has 3 rings (SSSR count). The Kier molecular flexibility index (Phi) is 7.59. The van der Waals surface area contributed by atoms with Crippen LogP contribution in [0.15, 0.2) is 78.9 Å². The van der Waals surface area contributed by atoms with Crippen LogP contribution >= 0.6 is 8.60 Å². The molecule has 0 heterocycles. The van der Waals surface area contributed by atoms with E-state index in [2.05, 4.69) is 0 Å². The fourth-order valence-corrected chi connectivity index (χ4v) is 3.45. The maximum absolute atomic E-state index is 11.3. The molecule has 0 amide bonds. The van der Waals surface area contributed by atoms with Gasteiger partial charge >= 0.3 is 14.6 Å². The molecule has 0 unspecified atom stereocenters. The van der Waals surface area contributed by atoms with E-state index in [1.165, 1.54) is 19.2 Å². The zero-order chi connectivity index (χ0) is 20.5. The van der Waals surface area contributed by atoms with E-state index >= 15 is 0 Å². The molecule has 3 aromatic rings. The number of hydrogen-bond donors (Lipinski definition) is 1. The average Bonchev–Trinajstić information content (AvgIpc) is 2.77. The van der Waals surface area contributed by atoms with Crippen molar-refractivity contribution in [3.05, 3.63) is 95.6 Å². The maximum Gasteiger partial charge on any atom is 0.398 e. The number of ether oxygens (including phenoxy) is 1. The first-order chi connectivity index (χ1) is 14.2. The van der Waals surface area contributed by atoms with E-state index in [0.717, 1.165) is 11.1 Å². The van der Waals surface area contributed by atoms with Crippen molar-refractivity contribution in [1.82, 2.24) is 0 Å². The van der Waals surface area contributed by atoms with Crippen LogP contribution in [0.3, 0.4) is 0 Å². The van der Waals surface area contributed by atoms with Gasteiger partial charge in [-0.15, -0.1) is 0 Å². The summed E-state index contributed by atoms with van der Waals surface area (Å²) in [5.41, 5.74) is 2.03. The predicted molar refractivity (Wildman–Crippen MR) is 110 cm³/mol. The highest BCUT2D eigenvalue weighted by Gasteiger charge is 2.20. The molecule has 0 radical (unpaired) electrons. The van der Waals surface area contributed by atoms with Crippen LogP contribution in [0.1, 0.15) is 21.5 Å². The molecule has 0 spiro atoms. The second kappa shape index (κ2) is 10.6. The molecule has 0 fully saturated rings. The largest absolute Gasteiger partial charge is 0.493 e. The molecule has 0 aliphatic rings. The number of hydrogen-bond acceptors (Lipinski definition) is 5. The van der Waals surface area contributed by atoms with Crippen molar-refractivity contribution in [3.8, 4) is 11.5 Å². The highest BCUT2D eigenvalue weighted by molar-refractivity contribution is 7.42. The van der Waals surface area contributed by atoms with Gasteiger partial charge in [-0.25, -0.2) is 4.79 Å². The third-order valence-electron chi connectivity index (χ3n) is 3.94. The summed E-state index contributed by atoms with van der Waals surface area (Å²) in [5.74, 6) is -0.411. The molecule has 7 heteroatoms. The lowest BCUT2D eigenvalue weighted by atomic mass is 10.2. The van der Waals surface area contributed by atoms with Crippen LogP contribution in [0.4, 0.5) is 0 Å². The predicted octanol–water partition coefficient (Wildman–Crippen LogP) is 5.43. The van der Waals surface area contributed by atoms with E-state index < -0.39 is 14.6 Å². The van der Waals surface area contributed by atoms with Gasteiger partial charge in [-0.2, -0.15) is 0 Å². The summed E-state index contributed by atoms with van der Waals surface area (Å²) in [6.45, 7) is 0.588. The van der Waals surface area contributed by atoms with Gasteiger partial charge in [0.05, 0.1) is 25.9 Å². The van der Waals surface area contributed by atoms with Gasteiger partial charge in [-0.1, -0.05) is 60.7 Å². The molecule has 0 aromatic heterocycles. The number of carboxylic acids is 1. The van der Waals surface area contributed by atoms with Crippen LogP contribution in [0.25, 0.3) is 0 Å². The van der Waals surface area contributed by atoms with Gasteiger partial charge in [-0.3, -0.25) is 9.05 Å². The van der Waals surface area contributed by atoms with E-state index in [-0.39, 0.29) is 11.3 Å². The van der Waals surface area contributed by atoms with Crippen LogP contribution in [-0.4, -0.2) is 18.2 Å². The number of rotatable bonds is 10. The van der Waals surface area contributed by atoms with E-state index in [0.29, 0.717) is 19.0 Å². The van der Waals surface area contributed by atoms with Gasteiger partial charge in [0.1, 0.15) is 0 Å². The average molecular weight is 412 g/mol. The highest BCUT2D eigenvalue weighted by Crippen LogP contribution is 2.45. The Morgan fingerprint density at radius 1 is 0.828 bits per heavy atom. The lowest BCUT2D eigenvalue weighted by Gasteiger charge is -2.19. The summed E-state index contributed by atoms with van der Waals surface area (Å²) in [6.07, 6.45) is 0. The molecule has 150 valence electrons. The fourth-order valence-electron chi connectivity index (χ4n) is 2.45. The summed E-state index contributed by atoms with van der Waals surface area (Å²) in [6, 6.07) is 23.7. The molecule has 0 aliphatic carbocycles. The smallest absolute Gasteiger partial charge is 0.398 e. The van der Waals surface area contributed by atoms with Gasteiger partial charge in [-0.05, 0) is 29.3 Å². The van der Waals surface area contributed by atoms with Crippen molar-refractivity contribution < 1.29 is 28.2 Å². The SMILES string of the molecule is COc1ccc(C(=O)O)cc1OP(OCc1ccccc1)OCc1ccccc1. The molecule has 0 saturated carbocycles. The van der Waals surface area contributed by atoms with Gasteiger partial charge in [0.2, 0.25) is 0 Å². The Balaban J connectivity index is 1.76. The number of carbonyl (C=O) groups is 1. The fraction of sp³-hybridized carbons (Fsp3) is 0.136. The topological polar surface area (TPSA) is 74.2 Å². The Labute approximate surface area is 170 Å². The highest BCUT2D eigenvalue weighted by atomic mass is 31.2. The third-order valence-corrected chi connectivity index (χ3v) is 4.97. The van der Waals surface area contributed by atoms with Crippen LogP contribution in [0.2, 0.25) is 0 Å². The molecular formula is C22H21O6P. The Morgan fingerprint density at radius 3 is 1.86 bits per heavy atom. The van der Waals surface area contributed by atoms with Gasteiger partial charge in [0, 0.05) is 0 Å². The zero-order valence-corrected chi connectivity index (χ0v) is 16.7. The number of methoxy groups -OCH3 is 1. The Hall–Kier alpha value is -2.92. The normalized spacial score (nSPS) is 10.7. The quantitative estimate of drug-likeness (QED) is 0.448. The molecule has 3 aromatic carbocycles. The Bertz CT molecular complexity index is 874. The number of benzene rings is 3. The first-order valence-electron chi connectivity index (χ1n) is 8.89. The Morgan fingerprint density at radius 2 is 1.38 bits per heavy atom. The molecule has 0 aliphatic heterocycles. The molecule has 0 saturated heterocycles. The van der Waals surface area contributed by atoms with Crippen molar-refractivity contribution >= 4 is 14.6 Å². The zero-order valence-electron chi connectivity index (χ0n) is 15.9. The van der Waals surface area contributed by atoms with Crippen LogP contribution in [-0.2, 0) is 22.3 Å². The summed E-state index contributed by atoms with van der Waals surface area (Å²) < 4.78 is 22.9. The second-order valence-electron chi connectivity index (χ2n) is 6.00. The first kappa shape index (κ1) is 20.8. The molecular weight excluding hydrogens is 391 g/mol. The molecule has 0 bridgehead atoms. The lowest BCUT2D eigenvalue weighted by molar-refractivity contribution is 0.0696. The van der Waals surface area contributed by atoms with Crippen LogP contribution in [0, 0.1) is 0 Å². The molecule has 0 atom stereocenters. The summed E-state index contributed by atoms with van der Waals surface area (Å²) in [5, 5.41) is 9.26. The second-order valence-corrected chi connectivity index (χ2v) is 7.15. The minimum absolute atomic E-state index is 0.0851. The minimum Gasteiger partial charge on any atom is -0.493 e. The van der Waals surface area contributed by atoms with Crippen molar-refractivity contribution in [3.63, 3.8) is 0 Å². The first-order valence-corrected chi connectivity index (χ1v) is 9.98. The molecule has 29 heavy (non-hydrogen) atoms. The lowest BCUT2D eigenvalue weighted by Crippen LogP contribution is -2.02. The van der Waals surface area contributed by atoms with E-state index in [1.54, 1.807) is 6.07 Å². The van der Waals surface area contributed by atoms with E-state index in [9.17, 15) is 9.90 Å². The summed E-state index contributed by atoms with van der Waals surface area (Å²) in [4.78, 5) is 11.3. The standard InChI is InChI=1S/C22H21O6P/c1-25-20-13-12-19(22(23)24)14-21(20)28-29(26-15-17-8-4-2-5-9-17)27-16-18-10-6-3-7-11-18/h2-14H,15-16H2,1H3,(H,23,24). The van der Waals surface area contributed by atoms with Crippen LogP contribution < -0.4 is 9.26 Å². The van der Waals surface area contributed by atoms with E-state index in [1.807, 2.05) is 60.7 Å². The summed E-state index contributed by atoms with van der Waals surface area (Å²) >= 11 is 0. The number of carboxylic acid groups (broad SMARTS) is 1. The third kappa shape index (κ3) is 6.29. The summed E-state index contributed by atoms with van der Waals surface area (Å²) in [7, 11) is -0.324.